The number of para-hydroxylation sites is 1. The molecule has 0 aliphatic heterocycles. The Labute approximate surface area is 145 Å². The Balaban J connectivity index is 0.00000176. The molecule has 2 nitrogen and oxygen atoms in total. The molecule has 1 radical (unpaired) electrons. The molecule has 0 amide bonds. The van der Waals surface area contributed by atoms with Gasteiger partial charge in [0.05, 0.1) is 11.4 Å². The maximum atomic E-state index is 4.72. The first-order valence-corrected chi connectivity index (χ1v) is 7.19. The van der Waals surface area contributed by atoms with Gasteiger partial charge in [-0.3, -0.25) is 4.68 Å². The summed E-state index contributed by atoms with van der Waals surface area (Å²) < 4.78 is 2.01. The zero-order valence-corrected chi connectivity index (χ0v) is 15.7. The normalized spacial score (nSPS) is 10.4. The van der Waals surface area contributed by atoms with Gasteiger partial charge in [0.25, 0.3) is 0 Å². The summed E-state index contributed by atoms with van der Waals surface area (Å²) in [4.78, 5) is 0. The van der Waals surface area contributed by atoms with Crippen molar-refractivity contribution >= 4 is 0 Å². The van der Waals surface area contributed by atoms with Crippen molar-refractivity contribution < 1.29 is 20.1 Å². The molecule has 0 spiro atoms. The summed E-state index contributed by atoms with van der Waals surface area (Å²) in [5.41, 5.74) is 8.25. The molecule has 3 heteroatoms. The third-order valence-corrected chi connectivity index (χ3v) is 4.00. The van der Waals surface area contributed by atoms with E-state index in [9.17, 15) is 0 Å². The molecule has 0 N–H and O–H groups in total. The second-order valence-electron chi connectivity index (χ2n) is 5.49. The number of benzene rings is 2. The largest absolute Gasteiger partial charge is 0.257 e. The van der Waals surface area contributed by atoms with Crippen molar-refractivity contribution in [3.05, 3.63) is 70.9 Å². The molecule has 2 aromatic carbocycles. The van der Waals surface area contributed by atoms with Gasteiger partial charge in [-0.1, -0.05) is 18.2 Å². The number of hydrogen-bond donors (Lipinski definition) is 0. The van der Waals surface area contributed by atoms with Crippen molar-refractivity contribution in [1.82, 2.24) is 9.78 Å². The van der Waals surface area contributed by atoms with Crippen molar-refractivity contribution in [2.45, 2.75) is 27.7 Å². The molecule has 3 rings (SSSR count). The fraction of sp³-hybridized carbons (Fsp3) is 0.211. The molecule has 0 aliphatic rings. The number of rotatable bonds is 2. The SMILES string of the molecule is Cc1cccc(C)c1-c1c(C)c(C)nn1-c1[c-]cccc1.[Ir]. The molecule has 0 bridgehead atoms. The first kappa shape index (κ1) is 16.7. The van der Waals surface area contributed by atoms with Crippen molar-refractivity contribution in [2.24, 2.45) is 0 Å². The van der Waals surface area contributed by atoms with Crippen LogP contribution in [0.15, 0.2) is 42.5 Å². The Morgan fingerprint density at radius 3 is 2.18 bits per heavy atom. The van der Waals surface area contributed by atoms with Crippen LogP contribution in [0.1, 0.15) is 22.4 Å². The van der Waals surface area contributed by atoms with E-state index in [0.29, 0.717) is 0 Å². The topological polar surface area (TPSA) is 17.8 Å². The Morgan fingerprint density at radius 2 is 1.59 bits per heavy atom. The van der Waals surface area contributed by atoms with Gasteiger partial charge in [0.2, 0.25) is 0 Å². The number of nitrogens with zero attached hydrogens (tertiary/aromatic N) is 2. The standard InChI is InChI=1S/C19H19N2.Ir/c1-13-9-8-10-14(2)18(13)19-15(3)16(4)20-21(19)17-11-6-5-7-12-17;/h5-11H,1-4H3;/q-1;. The molecular weight excluding hydrogens is 448 g/mol. The van der Waals surface area contributed by atoms with Crippen LogP contribution in [0.4, 0.5) is 0 Å². The molecule has 0 aliphatic carbocycles. The molecule has 0 unspecified atom stereocenters. The Hall–Kier alpha value is -1.70. The third kappa shape index (κ3) is 2.79. The van der Waals surface area contributed by atoms with Crippen LogP contribution >= 0.6 is 0 Å². The molecule has 0 fully saturated rings. The molecule has 115 valence electrons. The first-order chi connectivity index (χ1) is 10.1. The fourth-order valence-corrected chi connectivity index (χ4v) is 2.78. The van der Waals surface area contributed by atoms with E-state index >= 15 is 0 Å². The van der Waals surface area contributed by atoms with Gasteiger partial charge in [-0.25, -0.2) is 0 Å². The molecular formula is C19H19IrN2-. The molecule has 1 heterocycles. The van der Waals surface area contributed by atoms with Crippen molar-refractivity contribution in [3.63, 3.8) is 0 Å². The van der Waals surface area contributed by atoms with Crippen molar-refractivity contribution in [3.8, 4) is 16.9 Å². The van der Waals surface area contributed by atoms with E-state index in [0.717, 1.165) is 11.4 Å². The smallest absolute Gasteiger partial charge is 0.0753 e. The van der Waals surface area contributed by atoms with E-state index < -0.39 is 0 Å². The quantitative estimate of drug-likeness (QED) is 0.505. The minimum atomic E-state index is 0. The van der Waals surface area contributed by atoms with E-state index in [2.05, 4.69) is 52.0 Å². The summed E-state index contributed by atoms with van der Waals surface area (Å²) in [6, 6.07) is 17.7. The van der Waals surface area contributed by atoms with Gasteiger partial charge in [-0.2, -0.15) is 29.4 Å². The van der Waals surface area contributed by atoms with Crippen molar-refractivity contribution in [1.29, 1.82) is 0 Å². The minimum Gasteiger partial charge on any atom is -0.257 e. The second-order valence-corrected chi connectivity index (χ2v) is 5.49. The van der Waals surface area contributed by atoms with Crippen LogP contribution in [-0.2, 0) is 20.1 Å². The summed E-state index contributed by atoms with van der Waals surface area (Å²) in [6.07, 6.45) is 0. The predicted octanol–water partition coefficient (Wildman–Crippen LogP) is 4.57. The minimum absolute atomic E-state index is 0. The summed E-state index contributed by atoms with van der Waals surface area (Å²) in [7, 11) is 0. The number of hydrogen-bond acceptors (Lipinski definition) is 1. The first-order valence-electron chi connectivity index (χ1n) is 7.19. The van der Waals surface area contributed by atoms with E-state index in [1.165, 1.54) is 27.9 Å². The number of aryl methyl sites for hydroxylation is 3. The Bertz CT molecular complexity index is 768. The maximum absolute atomic E-state index is 4.72. The van der Waals surface area contributed by atoms with Gasteiger partial charge < -0.3 is 0 Å². The molecule has 0 saturated heterocycles. The zero-order valence-electron chi connectivity index (χ0n) is 13.3. The molecule has 0 saturated carbocycles. The van der Waals surface area contributed by atoms with Gasteiger partial charge >= 0.3 is 0 Å². The summed E-state index contributed by atoms with van der Waals surface area (Å²) >= 11 is 0. The van der Waals surface area contributed by atoms with Crippen LogP contribution in [-0.4, -0.2) is 9.78 Å². The maximum Gasteiger partial charge on any atom is 0.0753 e. The van der Waals surface area contributed by atoms with Crippen LogP contribution in [0.3, 0.4) is 0 Å². The van der Waals surface area contributed by atoms with E-state index in [1.54, 1.807) is 0 Å². The molecule has 0 atom stereocenters. The predicted molar refractivity (Wildman–Crippen MR) is 86.8 cm³/mol. The summed E-state index contributed by atoms with van der Waals surface area (Å²) in [5, 5.41) is 4.72. The van der Waals surface area contributed by atoms with Crippen LogP contribution in [0.2, 0.25) is 0 Å². The van der Waals surface area contributed by atoms with Crippen LogP contribution in [0.25, 0.3) is 16.9 Å². The molecule has 1 aromatic heterocycles. The fourth-order valence-electron chi connectivity index (χ4n) is 2.78. The van der Waals surface area contributed by atoms with Crippen LogP contribution in [0, 0.1) is 33.8 Å². The molecule has 22 heavy (non-hydrogen) atoms. The average Bonchev–Trinajstić information content (AvgIpc) is 2.77. The Morgan fingerprint density at radius 1 is 0.909 bits per heavy atom. The van der Waals surface area contributed by atoms with Gasteiger partial charge in [0.1, 0.15) is 0 Å². The Kier molecular flexibility index (Phi) is 5.00. The van der Waals surface area contributed by atoms with Gasteiger partial charge in [0, 0.05) is 25.7 Å². The van der Waals surface area contributed by atoms with Gasteiger partial charge in [-0.15, -0.1) is 6.07 Å². The average molecular weight is 468 g/mol. The van der Waals surface area contributed by atoms with E-state index in [4.69, 9.17) is 5.10 Å². The van der Waals surface area contributed by atoms with Crippen LogP contribution < -0.4 is 0 Å². The van der Waals surface area contributed by atoms with Gasteiger partial charge in [0.15, 0.2) is 0 Å². The molecule has 3 aromatic rings. The van der Waals surface area contributed by atoms with Gasteiger partial charge in [-0.05, 0) is 50.1 Å². The monoisotopic (exact) mass is 468 g/mol. The number of aromatic nitrogens is 2. The second kappa shape index (κ2) is 6.60. The van der Waals surface area contributed by atoms with E-state index in [-0.39, 0.29) is 20.1 Å². The summed E-state index contributed by atoms with van der Waals surface area (Å²) in [5.74, 6) is 0. The van der Waals surface area contributed by atoms with Crippen molar-refractivity contribution in [2.75, 3.05) is 0 Å². The van der Waals surface area contributed by atoms with E-state index in [1.807, 2.05) is 28.9 Å². The summed E-state index contributed by atoms with van der Waals surface area (Å²) in [6.45, 7) is 8.52. The van der Waals surface area contributed by atoms with Crippen LogP contribution in [0.5, 0.6) is 0 Å². The third-order valence-electron chi connectivity index (χ3n) is 4.00. The zero-order chi connectivity index (χ0) is 15.0.